The van der Waals surface area contributed by atoms with Gasteiger partial charge in [-0.3, -0.25) is 0 Å². The molecule has 0 saturated heterocycles. The van der Waals surface area contributed by atoms with E-state index in [1.807, 2.05) is 60.7 Å². The van der Waals surface area contributed by atoms with Crippen molar-refractivity contribution in [2.45, 2.75) is 26.2 Å². The Kier molecular flexibility index (Phi) is 6.89. The zero-order chi connectivity index (χ0) is 31.9. The molecule has 1 aliphatic rings. The highest BCUT2D eigenvalue weighted by Crippen LogP contribution is 2.37. The van der Waals surface area contributed by atoms with E-state index in [-0.39, 0.29) is 0 Å². The second-order valence-electron chi connectivity index (χ2n) is 12.3. The molecule has 232 valence electrons. The molecule has 8 aromatic rings. The number of imidazole rings is 2. The topological polar surface area (TPSA) is 61.9 Å². The van der Waals surface area contributed by atoms with Crippen molar-refractivity contribution in [3.05, 3.63) is 169 Å². The molecule has 0 spiro atoms. The number of para-hydroxylation sites is 4. The molecule has 0 radical (unpaired) electrons. The van der Waals surface area contributed by atoms with Crippen LogP contribution < -0.4 is 18.6 Å². The van der Waals surface area contributed by atoms with Gasteiger partial charge in [0.2, 0.25) is 24.4 Å². The molecule has 6 bridgehead atoms. The van der Waals surface area contributed by atoms with Gasteiger partial charge in [0.25, 0.3) is 0 Å². The van der Waals surface area contributed by atoms with Gasteiger partial charge >= 0.3 is 0 Å². The van der Waals surface area contributed by atoms with Crippen LogP contribution in [0.1, 0.15) is 22.3 Å². The third-order valence-corrected chi connectivity index (χ3v) is 8.71. The first-order chi connectivity index (χ1) is 23.7. The van der Waals surface area contributed by atoms with Crippen LogP contribution in [0.2, 0.25) is 0 Å². The Morgan fingerprint density at radius 1 is 0.521 bits per heavy atom. The van der Waals surface area contributed by atoms with Gasteiger partial charge in [0.1, 0.15) is 51.0 Å². The fourth-order valence-electron chi connectivity index (χ4n) is 6.41. The van der Waals surface area contributed by atoms with E-state index in [2.05, 4.69) is 104 Å². The molecule has 4 aromatic heterocycles. The lowest BCUT2D eigenvalue weighted by Gasteiger charge is -2.15. The monoisotopic (exact) mass is 628 g/mol. The first kappa shape index (κ1) is 28.0. The van der Waals surface area contributed by atoms with Crippen LogP contribution in [-0.4, -0.2) is 19.1 Å². The molecule has 4 aromatic carbocycles. The number of pyridine rings is 2. The van der Waals surface area contributed by atoms with Gasteiger partial charge in [-0.2, -0.15) is 0 Å². The third kappa shape index (κ3) is 5.64. The lowest BCUT2D eigenvalue weighted by molar-refractivity contribution is -0.688. The van der Waals surface area contributed by atoms with Crippen molar-refractivity contribution >= 4 is 21.8 Å². The SMILES string of the molecule is c1cc2cc(c1)C[n+]1ccn(c1)Cc1cc3ccccc3nc1Oc1ccccc1Oc1nc3ccccc3cc1Cn1cc[n+](c1)C2. The fraction of sp³-hybridized carbons (Fsp3) is 0.100. The summed E-state index contributed by atoms with van der Waals surface area (Å²) in [5, 5.41) is 2.12. The van der Waals surface area contributed by atoms with Crippen molar-refractivity contribution in [2.75, 3.05) is 0 Å². The highest BCUT2D eigenvalue weighted by Gasteiger charge is 2.19. The fourth-order valence-corrected chi connectivity index (χ4v) is 6.41. The van der Waals surface area contributed by atoms with Crippen LogP contribution in [0.3, 0.4) is 0 Å². The van der Waals surface area contributed by atoms with E-state index in [9.17, 15) is 0 Å². The molecule has 48 heavy (non-hydrogen) atoms. The Morgan fingerprint density at radius 2 is 1.00 bits per heavy atom. The van der Waals surface area contributed by atoms with Crippen LogP contribution in [-0.2, 0) is 26.2 Å². The van der Waals surface area contributed by atoms with Crippen LogP contribution in [0, 0.1) is 0 Å². The maximum absolute atomic E-state index is 6.66. The summed E-state index contributed by atoms with van der Waals surface area (Å²) in [4.78, 5) is 9.99. The van der Waals surface area contributed by atoms with Crippen LogP contribution in [0.4, 0.5) is 0 Å². The van der Waals surface area contributed by atoms with Gasteiger partial charge in [0, 0.05) is 10.8 Å². The van der Waals surface area contributed by atoms with Gasteiger partial charge in [0.15, 0.2) is 11.5 Å². The Hall–Kier alpha value is -6.28. The summed E-state index contributed by atoms with van der Waals surface area (Å²) < 4.78 is 22.1. The van der Waals surface area contributed by atoms with E-state index < -0.39 is 0 Å². The number of benzene rings is 4. The molecular weight excluding hydrogens is 596 g/mol. The molecule has 0 unspecified atom stereocenters. The minimum absolute atomic E-state index is 0.534. The maximum Gasteiger partial charge on any atom is 0.244 e. The molecule has 0 amide bonds. The molecule has 8 nitrogen and oxygen atoms in total. The average Bonchev–Trinajstić information content (AvgIpc) is 3.74. The lowest BCUT2D eigenvalue weighted by atomic mass is 10.1. The van der Waals surface area contributed by atoms with Crippen LogP contribution in [0.5, 0.6) is 23.3 Å². The normalized spacial score (nSPS) is 13.0. The number of nitrogens with zero attached hydrogens (tertiary/aromatic N) is 6. The predicted molar refractivity (Wildman–Crippen MR) is 182 cm³/mol. The maximum atomic E-state index is 6.66. The summed E-state index contributed by atoms with van der Waals surface area (Å²) >= 11 is 0. The third-order valence-electron chi connectivity index (χ3n) is 8.71. The molecule has 0 atom stereocenters. The zero-order valence-corrected chi connectivity index (χ0v) is 26.2. The van der Waals surface area contributed by atoms with Gasteiger partial charge in [-0.1, -0.05) is 66.7 Å². The molecule has 8 heteroatoms. The van der Waals surface area contributed by atoms with Crippen molar-refractivity contribution in [1.82, 2.24) is 19.1 Å². The summed E-state index contributed by atoms with van der Waals surface area (Å²) in [7, 11) is 0. The van der Waals surface area contributed by atoms with E-state index >= 15 is 0 Å². The van der Waals surface area contributed by atoms with Crippen molar-refractivity contribution in [2.24, 2.45) is 0 Å². The Balaban J connectivity index is 1.19. The van der Waals surface area contributed by atoms with Gasteiger partial charge < -0.3 is 9.47 Å². The largest absolute Gasteiger partial charge is 0.435 e. The second kappa shape index (κ2) is 11.8. The Bertz CT molecular complexity index is 2280. The van der Waals surface area contributed by atoms with Crippen LogP contribution in [0.15, 0.2) is 147 Å². The number of rotatable bonds is 0. The van der Waals surface area contributed by atoms with Crippen molar-refractivity contribution in [3.8, 4) is 23.3 Å². The second-order valence-corrected chi connectivity index (χ2v) is 12.3. The first-order valence-corrected chi connectivity index (χ1v) is 16.1. The number of hydrogen-bond acceptors (Lipinski definition) is 4. The average molecular weight is 629 g/mol. The predicted octanol–water partition coefficient (Wildman–Crippen LogP) is 7.05. The van der Waals surface area contributed by atoms with E-state index in [0.29, 0.717) is 36.3 Å². The molecule has 9 rings (SSSR count). The molecule has 1 aliphatic heterocycles. The number of aromatic nitrogens is 6. The summed E-state index contributed by atoms with van der Waals surface area (Å²) in [6.45, 7) is 2.72. The standard InChI is InChI=1S/C40H32N6O2/c1-3-12-35-31(10-1)21-33-25-45-18-16-43(27-45)23-29-8-7-9-30(20-29)24-44-17-19-46(28-44)26-34-22-32-11-2-4-13-36(32)42-40(34)48-38-15-6-5-14-37(38)47-39(33)41-35/h1-22,27-28H,23-26H2/q+2. The lowest BCUT2D eigenvalue weighted by Crippen LogP contribution is -2.33. The van der Waals surface area contributed by atoms with Crippen molar-refractivity contribution in [3.63, 3.8) is 0 Å². The number of ether oxygens (including phenoxy) is 2. The van der Waals surface area contributed by atoms with Crippen LogP contribution in [0.25, 0.3) is 21.8 Å². The van der Waals surface area contributed by atoms with Crippen molar-refractivity contribution in [1.29, 1.82) is 0 Å². The molecule has 0 fully saturated rings. The van der Waals surface area contributed by atoms with Gasteiger partial charge in [-0.05, 0) is 53.6 Å². The minimum Gasteiger partial charge on any atom is -0.435 e. The highest BCUT2D eigenvalue weighted by atomic mass is 16.5. The first-order valence-electron chi connectivity index (χ1n) is 16.1. The molecule has 0 saturated carbocycles. The quantitative estimate of drug-likeness (QED) is 0.169. The summed E-state index contributed by atoms with van der Waals surface area (Å²) in [5.41, 5.74) is 6.15. The van der Waals surface area contributed by atoms with E-state index in [1.54, 1.807) is 0 Å². The smallest absolute Gasteiger partial charge is 0.244 e. The van der Waals surface area contributed by atoms with E-state index in [1.165, 1.54) is 11.1 Å². The summed E-state index contributed by atoms with van der Waals surface area (Å²) in [6.07, 6.45) is 12.7. The van der Waals surface area contributed by atoms with Crippen LogP contribution >= 0.6 is 0 Å². The van der Waals surface area contributed by atoms with Gasteiger partial charge in [0.05, 0.1) is 22.2 Å². The Morgan fingerprint density at radius 3 is 1.52 bits per heavy atom. The van der Waals surface area contributed by atoms with Crippen molar-refractivity contribution < 1.29 is 18.6 Å². The van der Waals surface area contributed by atoms with Gasteiger partial charge in [-0.25, -0.2) is 28.2 Å². The summed E-state index contributed by atoms with van der Waals surface area (Å²) in [6, 6.07) is 37.1. The molecule has 5 heterocycles. The Labute approximate surface area is 277 Å². The molecular formula is C40H32N6O2+2. The number of fused-ring (bicyclic) bond motifs is 11. The van der Waals surface area contributed by atoms with E-state index in [4.69, 9.17) is 19.4 Å². The molecule has 0 aliphatic carbocycles. The summed E-state index contributed by atoms with van der Waals surface area (Å²) in [5.74, 6) is 2.20. The van der Waals surface area contributed by atoms with Gasteiger partial charge in [-0.15, -0.1) is 0 Å². The molecule has 0 N–H and O–H groups in total. The zero-order valence-electron chi connectivity index (χ0n) is 26.2. The highest BCUT2D eigenvalue weighted by molar-refractivity contribution is 5.81. The minimum atomic E-state index is 0.534. The number of hydrogen-bond donors (Lipinski definition) is 0. The van der Waals surface area contributed by atoms with E-state index in [0.717, 1.165) is 46.0 Å².